The third kappa shape index (κ3) is 2.50. The molecular weight excluding hydrogens is 240 g/mol. The van der Waals surface area contributed by atoms with Gasteiger partial charge in [0, 0.05) is 31.1 Å². The largest absolute Gasteiger partial charge is 0.319 e. The Kier molecular flexibility index (Phi) is 2.81. The monoisotopic (exact) mass is 256 g/mol. The highest BCUT2D eigenvalue weighted by Crippen LogP contribution is 2.38. The van der Waals surface area contributed by atoms with Crippen molar-refractivity contribution in [2.75, 3.05) is 5.32 Å². The quantitative estimate of drug-likeness (QED) is 0.916. The van der Waals surface area contributed by atoms with Crippen LogP contribution in [0.5, 0.6) is 0 Å². The van der Waals surface area contributed by atoms with Crippen LogP contribution in [-0.2, 0) is 7.05 Å². The number of pyridine rings is 1. The highest BCUT2D eigenvalue weighted by Gasteiger charge is 2.24. The highest BCUT2D eigenvalue weighted by molar-refractivity contribution is 6.04. The van der Waals surface area contributed by atoms with Gasteiger partial charge in [0.2, 0.25) is 0 Å². The summed E-state index contributed by atoms with van der Waals surface area (Å²) >= 11 is 0. The van der Waals surface area contributed by atoms with E-state index in [1.54, 1.807) is 17.1 Å². The molecule has 1 saturated carbocycles. The Balaban J connectivity index is 1.74. The lowest BCUT2D eigenvalue weighted by Crippen LogP contribution is -2.12. The maximum Gasteiger partial charge on any atom is 0.257 e. The van der Waals surface area contributed by atoms with Crippen LogP contribution in [0, 0.1) is 6.92 Å². The van der Waals surface area contributed by atoms with E-state index in [0.717, 1.165) is 17.1 Å². The Bertz CT molecular complexity index is 611. The predicted octanol–water partition coefficient (Wildman–Crippen LogP) is 2.25. The van der Waals surface area contributed by atoms with Crippen LogP contribution in [0.3, 0.4) is 0 Å². The second-order valence-electron chi connectivity index (χ2n) is 5.00. The van der Waals surface area contributed by atoms with Gasteiger partial charge in [-0.1, -0.05) is 0 Å². The summed E-state index contributed by atoms with van der Waals surface area (Å²) in [6.45, 7) is 1.87. The molecule has 19 heavy (non-hydrogen) atoms. The summed E-state index contributed by atoms with van der Waals surface area (Å²) in [5.41, 5.74) is 3.21. The predicted molar refractivity (Wildman–Crippen MR) is 72.1 cm³/mol. The third-order valence-electron chi connectivity index (χ3n) is 3.31. The van der Waals surface area contributed by atoms with Gasteiger partial charge in [-0.3, -0.25) is 14.5 Å². The molecule has 0 aromatic carbocycles. The maximum absolute atomic E-state index is 12.1. The van der Waals surface area contributed by atoms with Crippen molar-refractivity contribution >= 4 is 11.6 Å². The number of hydrogen-bond acceptors (Lipinski definition) is 3. The summed E-state index contributed by atoms with van der Waals surface area (Å²) in [5.74, 6) is 0.462. The Labute approximate surface area is 111 Å². The summed E-state index contributed by atoms with van der Waals surface area (Å²) in [7, 11) is 1.83. The number of nitrogens with zero attached hydrogens (tertiary/aromatic N) is 3. The lowest BCUT2D eigenvalue weighted by atomic mass is 10.2. The van der Waals surface area contributed by atoms with Gasteiger partial charge in [0.15, 0.2) is 0 Å². The molecule has 3 rings (SSSR count). The van der Waals surface area contributed by atoms with Crippen LogP contribution in [0.25, 0.3) is 0 Å². The van der Waals surface area contributed by atoms with Gasteiger partial charge in [-0.25, -0.2) is 0 Å². The van der Waals surface area contributed by atoms with Gasteiger partial charge < -0.3 is 5.32 Å². The number of rotatable bonds is 3. The molecule has 1 amide bonds. The molecule has 0 radical (unpaired) electrons. The molecule has 0 bridgehead atoms. The Morgan fingerprint density at radius 1 is 1.42 bits per heavy atom. The van der Waals surface area contributed by atoms with E-state index in [1.807, 2.05) is 26.1 Å². The number of aromatic nitrogens is 3. The first-order chi connectivity index (χ1) is 9.13. The van der Waals surface area contributed by atoms with E-state index in [2.05, 4.69) is 15.4 Å². The molecule has 0 unspecified atom stereocenters. The average Bonchev–Trinajstić information content (AvgIpc) is 3.17. The molecule has 2 aromatic heterocycles. The topological polar surface area (TPSA) is 59.8 Å². The normalized spacial score (nSPS) is 14.4. The SMILES string of the molecule is Cc1nn(C)cc1NC(=O)c1ccc(C2CC2)nc1. The molecular formula is C14H16N4O. The van der Waals surface area contributed by atoms with Gasteiger partial charge in [-0.05, 0) is 31.9 Å². The molecule has 1 N–H and O–H groups in total. The Morgan fingerprint density at radius 2 is 2.21 bits per heavy atom. The van der Waals surface area contributed by atoms with Gasteiger partial charge in [-0.15, -0.1) is 0 Å². The molecule has 1 aliphatic carbocycles. The molecule has 2 aromatic rings. The number of hydrogen-bond donors (Lipinski definition) is 1. The number of amides is 1. The van der Waals surface area contributed by atoms with E-state index in [4.69, 9.17) is 0 Å². The minimum absolute atomic E-state index is 0.147. The van der Waals surface area contributed by atoms with Gasteiger partial charge in [-0.2, -0.15) is 5.10 Å². The number of carbonyl (C=O) groups excluding carboxylic acids is 1. The van der Waals surface area contributed by atoms with Crippen LogP contribution in [0.15, 0.2) is 24.5 Å². The van der Waals surface area contributed by atoms with Crippen molar-refractivity contribution in [3.63, 3.8) is 0 Å². The zero-order chi connectivity index (χ0) is 13.4. The van der Waals surface area contributed by atoms with Crippen LogP contribution in [-0.4, -0.2) is 20.7 Å². The van der Waals surface area contributed by atoms with E-state index >= 15 is 0 Å². The molecule has 2 heterocycles. The van der Waals surface area contributed by atoms with Crippen molar-refractivity contribution in [3.05, 3.63) is 41.5 Å². The third-order valence-corrected chi connectivity index (χ3v) is 3.31. The average molecular weight is 256 g/mol. The van der Waals surface area contributed by atoms with Crippen LogP contribution in [0.2, 0.25) is 0 Å². The Hall–Kier alpha value is -2.17. The van der Waals surface area contributed by atoms with E-state index in [-0.39, 0.29) is 5.91 Å². The molecule has 0 aliphatic heterocycles. The van der Waals surface area contributed by atoms with Crippen LogP contribution < -0.4 is 5.32 Å². The molecule has 0 spiro atoms. The summed E-state index contributed by atoms with van der Waals surface area (Å²) in [5, 5.41) is 7.04. The van der Waals surface area contributed by atoms with Crippen molar-refractivity contribution in [2.45, 2.75) is 25.7 Å². The Morgan fingerprint density at radius 3 is 2.74 bits per heavy atom. The minimum atomic E-state index is -0.147. The molecule has 5 nitrogen and oxygen atoms in total. The van der Waals surface area contributed by atoms with Crippen LogP contribution in [0.4, 0.5) is 5.69 Å². The molecule has 0 saturated heterocycles. The summed E-state index contributed by atoms with van der Waals surface area (Å²) < 4.78 is 1.68. The van der Waals surface area contributed by atoms with Crippen molar-refractivity contribution in [1.82, 2.24) is 14.8 Å². The smallest absolute Gasteiger partial charge is 0.257 e. The molecule has 1 fully saturated rings. The second kappa shape index (κ2) is 4.50. The first-order valence-corrected chi connectivity index (χ1v) is 6.41. The zero-order valence-corrected chi connectivity index (χ0v) is 11.1. The minimum Gasteiger partial charge on any atom is -0.319 e. The lowest BCUT2D eigenvalue weighted by molar-refractivity contribution is 0.102. The van der Waals surface area contributed by atoms with E-state index in [1.165, 1.54) is 12.8 Å². The van der Waals surface area contributed by atoms with Gasteiger partial charge in [0.1, 0.15) is 0 Å². The fourth-order valence-electron chi connectivity index (χ4n) is 2.08. The van der Waals surface area contributed by atoms with E-state index in [0.29, 0.717) is 11.5 Å². The first-order valence-electron chi connectivity index (χ1n) is 6.41. The number of anilines is 1. The van der Waals surface area contributed by atoms with Crippen LogP contribution in [0.1, 0.15) is 40.5 Å². The fourth-order valence-corrected chi connectivity index (χ4v) is 2.08. The fraction of sp³-hybridized carbons (Fsp3) is 0.357. The van der Waals surface area contributed by atoms with Crippen molar-refractivity contribution < 1.29 is 4.79 Å². The molecule has 98 valence electrons. The molecule has 5 heteroatoms. The van der Waals surface area contributed by atoms with Crippen LogP contribution >= 0.6 is 0 Å². The first kappa shape index (κ1) is 11.9. The second-order valence-corrected chi connectivity index (χ2v) is 5.00. The number of aryl methyl sites for hydroxylation is 2. The lowest BCUT2D eigenvalue weighted by Gasteiger charge is -2.04. The van der Waals surface area contributed by atoms with Gasteiger partial charge in [0.25, 0.3) is 5.91 Å². The molecule has 0 atom stereocenters. The van der Waals surface area contributed by atoms with Gasteiger partial charge >= 0.3 is 0 Å². The summed E-state index contributed by atoms with van der Waals surface area (Å²) in [6, 6.07) is 3.78. The highest BCUT2D eigenvalue weighted by atomic mass is 16.1. The summed E-state index contributed by atoms with van der Waals surface area (Å²) in [4.78, 5) is 16.4. The van der Waals surface area contributed by atoms with Crippen molar-refractivity contribution in [3.8, 4) is 0 Å². The van der Waals surface area contributed by atoms with Crippen molar-refractivity contribution in [2.24, 2.45) is 7.05 Å². The molecule has 1 aliphatic rings. The standard InChI is InChI=1S/C14H16N4O/c1-9-13(8-18(2)17-9)16-14(19)11-5-6-12(15-7-11)10-3-4-10/h5-8,10H,3-4H2,1-2H3,(H,16,19). The van der Waals surface area contributed by atoms with E-state index < -0.39 is 0 Å². The maximum atomic E-state index is 12.1. The number of nitrogens with one attached hydrogen (secondary N) is 1. The summed E-state index contributed by atoms with van der Waals surface area (Å²) in [6.07, 6.45) is 5.87. The number of carbonyl (C=O) groups is 1. The zero-order valence-electron chi connectivity index (χ0n) is 11.1. The van der Waals surface area contributed by atoms with Crippen molar-refractivity contribution in [1.29, 1.82) is 0 Å². The van der Waals surface area contributed by atoms with E-state index in [9.17, 15) is 4.79 Å². The van der Waals surface area contributed by atoms with Gasteiger partial charge in [0.05, 0.1) is 16.9 Å².